The number of carboxylic acid groups (broad SMARTS) is 2. The van der Waals surface area contributed by atoms with Crippen molar-refractivity contribution in [2.24, 2.45) is 0 Å². The van der Waals surface area contributed by atoms with Crippen LogP contribution in [0.5, 0.6) is 0 Å². The molecule has 0 bridgehead atoms. The molecule has 5 N–H and O–H groups in total. The molecule has 0 atom stereocenters. The number of fused-ring (bicyclic) bond motifs is 2. The van der Waals surface area contributed by atoms with Crippen molar-refractivity contribution in [1.29, 1.82) is 0 Å². The molecule has 22 heteroatoms. The molecule has 2 saturated carbocycles. The van der Waals surface area contributed by atoms with Crippen LogP contribution in [0.4, 0.5) is 22.7 Å². The van der Waals surface area contributed by atoms with Gasteiger partial charge in [-0.05, 0) is 66.0 Å². The second kappa shape index (κ2) is 29.3. The van der Waals surface area contributed by atoms with E-state index in [1.54, 1.807) is 16.7 Å². The van der Waals surface area contributed by atoms with Crippen LogP contribution in [0.3, 0.4) is 0 Å². The third-order valence-corrected chi connectivity index (χ3v) is 16.3. The van der Waals surface area contributed by atoms with E-state index in [1.807, 2.05) is 61.0 Å². The maximum Gasteiger partial charge on any atom is 0.304 e. The molecular weight excluding hydrogens is 1080 g/mol. The van der Waals surface area contributed by atoms with Gasteiger partial charge in [0.05, 0.1) is 72.3 Å². The number of hydrogen-bond acceptors (Lipinski definition) is 15. The highest BCUT2D eigenvalue weighted by molar-refractivity contribution is 7.98. The van der Waals surface area contributed by atoms with Crippen LogP contribution in [0, 0.1) is 13.1 Å². The minimum absolute atomic E-state index is 0.0450. The van der Waals surface area contributed by atoms with Gasteiger partial charge in [0.1, 0.15) is 19.7 Å². The van der Waals surface area contributed by atoms with Gasteiger partial charge in [-0.15, -0.1) is 0 Å². The van der Waals surface area contributed by atoms with Crippen LogP contribution < -0.4 is 15.1 Å². The van der Waals surface area contributed by atoms with E-state index >= 15 is 0 Å². The molecule has 19 nitrogen and oxygen atoms in total. The summed E-state index contributed by atoms with van der Waals surface area (Å²) in [6.45, 7) is 21.1. The highest BCUT2D eigenvalue weighted by Crippen LogP contribution is 2.50. The molecule has 0 radical (unpaired) electrons. The zero-order valence-corrected chi connectivity index (χ0v) is 47.6. The van der Waals surface area contributed by atoms with Crippen LogP contribution >= 0.6 is 11.8 Å². The molecule has 4 fully saturated rings. The first-order valence-corrected chi connectivity index (χ1v) is 31.6. The Morgan fingerprint density at radius 1 is 0.613 bits per heavy atom. The van der Waals surface area contributed by atoms with Crippen molar-refractivity contribution in [1.82, 2.24) is 20.2 Å². The van der Waals surface area contributed by atoms with Crippen molar-refractivity contribution in [2.75, 3.05) is 98.2 Å². The Bertz CT molecular complexity index is 3420. The Hall–Kier alpha value is -7.18. The van der Waals surface area contributed by atoms with Gasteiger partial charge in [-0.1, -0.05) is 84.9 Å². The number of aliphatic carboxylic acids is 2. The van der Waals surface area contributed by atoms with Crippen LogP contribution in [-0.4, -0.2) is 159 Å². The Kier molecular flexibility index (Phi) is 22.7. The summed E-state index contributed by atoms with van der Waals surface area (Å²) in [4.78, 5) is 55.4. The average Bonchev–Trinajstić information content (AvgIpc) is 4.47. The van der Waals surface area contributed by atoms with Gasteiger partial charge in [0.2, 0.25) is 5.91 Å². The van der Waals surface area contributed by atoms with Crippen LogP contribution in [0.2, 0.25) is 0 Å². The van der Waals surface area contributed by atoms with Crippen molar-refractivity contribution in [3.8, 4) is 22.3 Å². The second-order valence-corrected chi connectivity index (χ2v) is 25.3. The third-order valence-electron chi connectivity index (χ3n) is 13.7. The molecule has 10 rings (SSSR count). The number of para-hydroxylation sites is 2. The van der Waals surface area contributed by atoms with Crippen molar-refractivity contribution in [3.63, 3.8) is 0 Å². The topological polar surface area (TPSA) is 257 Å². The lowest BCUT2D eigenvalue weighted by Crippen LogP contribution is -2.49. The fourth-order valence-electron chi connectivity index (χ4n) is 9.46. The number of hydrogen-bond donors (Lipinski definition) is 5. The minimum atomic E-state index is -3.15. The smallest absolute Gasteiger partial charge is 0.304 e. The van der Waals surface area contributed by atoms with E-state index in [0.29, 0.717) is 49.4 Å². The number of rotatable bonds is 15. The molecule has 0 unspecified atom stereocenters. The SMILES string of the molecule is CS(=O)(=O)CCC(=O)O.CSCCC(=O)O.OO.[C-]#[N+]c1ccc(-c2cccc3c(C4CC4)c(N4CCN(C(=O)CCS(C)(=O)=O)CC4)cnc23)cc1.[C-]#[N+]c1ccc(-c2cccc3c(C4CC4)c(N4CCNCC4)cnc23)cc1. The first-order valence-electron chi connectivity index (χ1n) is 26.1. The van der Waals surface area contributed by atoms with E-state index in [2.05, 4.69) is 67.4 Å². The van der Waals surface area contributed by atoms with Gasteiger partial charge in [0.15, 0.2) is 11.4 Å². The summed E-state index contributed by atoms with van der Waals surface area (Å²) >= 11 is 1.55. The van der Waals surface area contributed by atoms with Crippen LogP contribution in [0.1, 0.15) is 67.9 Å². The van der Waals surface area contributed by atoms with Gasteiger partial charge < -0.3 is 30.2 Å². The van der Waals surface area contributed by atoms with Gasteiger partial charge in [-0.25, -0.2) is 26.5 Å². The van der Waals surface area contributed by atoms with Gasteiger partial charge >= 0.3 is 11.9 Å². The minimum Gasteiger partial charge on any atom is -0.481 e. The van der Waals surface area contributed by atoms with E-state index in [4.69, 9.17) is 43.8 Å². The highest BCUT2D eigenvalue weighted by atomic mass is 32.2. The average molecular weight is 1150 g/mol. The molecule has 2 saturated heterocycles. The van der Waals surface area contributed by atoms with Crippen molar-refractivity contribution in [2.45, 2.75) is 56.8 Å². The number of thioether (sulfide) groups is 1. The Morgan fingerprint density at radius 3 is 1.38 bits per heavy atom. The first-order chi connectivity index (χ1) is 38.4. The molecule has 4 heterocycles. The molecule has 2 aliphatic carbocycles. The number of carbonyl (C=O) groups excluding carboxylic acids is 1. The van der Waals surface area contributed by atoms with Gasteiger partial charge in [-0.3, -0.25) is 34.9 Å². The molecule has 0 spiro atoms. The normalized spacial score (nSPS) is 15.0. The fraction of sp³-hybridized carbons (Fsp3) is 0.397. The standard InChI is InChI=1S/C27H28N4O3S.C23H22N4.C4H8O4S.C4H8O2S.H2O2/c1-28-21-10-8-19(9-11-21)22-4-3-5-23-26(20-6-7-20)24(18-29-27(22)23)30-13-15-31(16-14-30)25(32)12-17-35(2,33)34;1-24-18-9-7-16(8-10-18)19-3-2-4-20-22(17-5-6-17)21(15-26-23(19)20)27-13-11-25-12-14-27;1-9(7,8)3-2-4(5)6;1-7-3-2-4(5)6;1-2/h3-5,8-11,18,20H,6-7,12-17H2,2H3;2-4,7-10,15,17,25H,5-6,11-14H2;2-3H2,1H3,(H,5,6);2-3H2,1H3,(H,5,6);1-2H. The number of piperazine rings is 2. The summed E-state index contributed by atoms with van der Waals surface area (Å²) in [6.07, 6.45) is 13.1. The quantitative estimate of drug-likeness (QED) is 0.0364. The Morgan fingerprint density at radius 2 is 1.02 bits per heavy atom. The lowest BCUT2D eigenvalue weighted by Gasteiger charge is -2.37. The Labute approximate surface area is 472 Å². The zero-order valence-electron chi connectivity index (χ0n) is 45.1. The van der Waals surface area contributed by atoms with E-state index < -0.39 is 31.6 Å². The number of nitrogens with zero attached hydrogens (tertiary/aromatic N) is 7. The van der Waals surface area contributed by atoms with Crippen LogP contribution in [0.25, 0.3) is 53.7 Å². The molecule has 6 aromatic rings. The number of benzene rings is 4. The number of anilines is 2. The highest BCUT2D eigenvalue weighted by Gasteiger charge is 2.33. The number of sulfone groups is 2. The molecule has 424 valence electrons. The van der Waals surface area contributed by atoms with E-state index in [9.17, 15) is 31.2 Å². The van der Waals surface area contributed by atoms with Crippen LogP contribution in [0.15, 0.2) is 97.3 Å². The number of nitrogens with one attached hydrogen (secondary N) is 1. The van der Waals surface area contributed by atoms with Gasteiger partial charge in [0.25, 0.3) is 0 Å². The van der Waals surface area contributed by atoms with Gasteiger partial charge in [-0.2, -0.15) is 11.8 Å². The molecule has 1 amide bonds. The fourth-order valence-corrected chi connectivity index (χ4v) is 10.9. The van der Waals surface area contributed by atoms with Gasteiger partial charge in [0, 0.05) is 98.9 Å². The number of aromatic nitrogens is 2. The predicted octanol–water partition coefficient (Wildman–Crippen LogP) is 9.50. The van der Waals surface area contributed by atoms with E-state index in [1.165, 1.54) is 53.3 Å². The summed E-state index contributed by atoms with van der Waals surface area (Å²) in [7, 11) is -6.25. The predicted molar refractivity (Wildman–Crippen MR) is 317 cm³/mol. The number of carboxylic acids is 2. The van der Waals surface area contributed by atoms with Crippen molar-refractivity contribution < 1.29 is 51.9 Å². The van der Waals surface area contributed by atoms with E-state index in [-0.39, 0.29) is 36.7 Å². The summed E-state index contributed by atoms with van der Waals surface area (Å²) in [6, 6.07) is 28.3. The zero-order chi connectivity index (χ0) is 58.0. The molecule has 2 aliphatic heterocycles. The lowest BCUT2D eigenvalue weighted by atomic mass is 9.96. The second-order valence-electron chi connectivity index (χ2n) is 19.8. The summed E-state index contributed by atoms with van der Waals surface area (Å²) in [5.74, 6) is -0.366. The number of carbonyl (C=O) groups is 3. The molecule has 4 aliphatic rings. The maximum absolute atomic E-state index is 12.5. The molecule has 4 aromatic carbocycles. The molecular formula is C58H68N8O11S3. The maximum atomic E-state index is 12.5. The summed E-state index contributed by atoms with van der Waals surface area (Å²) in [5.41, 5.74) is 13.0. The molecule has 80 heavy (non-hydrogen) atoms. The summed E-state index contributed by atoms with van der Waals surface area (Å²) in [5, 5.41) is 33.9. The van der Waals surface area contributed by atoms with Crippen molar-refractivity contribution >= 4 is 93.8 Å². The number of amides is 1. The van der Waals surface area contributed by atoms with Crippen molar-refractivity contribution in [3.05, 3.63) is 131 Å². The monoisotopic (exact) mass is 1150 g/mol. The largest absolute Gasteiger partial charge is 0.481 e. The molecule has 2 aromatic heterocycles. The summed E-state index contributed by atoms with van der Waals surface area (Å²) < 4.78 is 43.4. The van der Waals surface area contributed by atoms with Crippen LogP contribution in [-0.2, 0) is 34.1 Å². The Balaban J connectivity index is 0.000000201. The first kappa shape index (κ1) is 62.0. The lowest BCUT2D eigenvalue weighted by molar-refractivity contribution is -0.176. The van der Waals surface area contributed by atoms with E-state index in [0.717, 1.165) is 83.4 Å². The third kappa shape index (κ3) is 17.9. The number of pyridine rings is 2.